The van der Waals surface area contributed by atoms with Crippen molar-refractivity contribution in [3.05, 3.63) is 17.9 Å². The van der Waals surface area contributed by atoms with Crippen molar-refractivity contribution < 1.29 is 14.3 Å². The molecule has 0 bridgehead atoms. The van der Waals surface area contributed by atoms with E-state index < -0.39 is 5.97 Å². The van der Waals surface area contributed by atoms with Crippen LogP contribution in [0.3, 0.4) is 0 Å². The molecule has 1 N–H and O–H groups in total. The number of carboxylic acid groups (broad SMARTS) is 1. The second-order valence-electron chi connectivity index (χ2n) is 3.71. The summed E-state index contributed by atoms with van der Waals surface area (Å²) in [6.45, 7) is 4.21. The number of anilines is 1. The van der Waals surface area contributed by atoms with Gasteiger partial charge in [-0.05, 0) is 19.4 Å². The molecule has 0 saturated heterocycles. The molecule has 0 spiro atoms. The Kier molecular flexibility index (Phi) is 3.77. The van der Waals surface area contributed by atoms with Crippen LogP contribution in [-0.4, -0.2) is 24.7 Å². The van der Waals surface area contributed by atoms with E-state index in [1.54, 1.807) is 0 Å². The van der Waals surface area contributed by atoms with Gasteiger partial charge in [0.25, 0.3) is 0 Å². The molecule has 1 rings (SSSR count). The molecule has 1 unspecified atom stereocenters. The van der Waals surface area contributed by atoms with Crippen LogP contribution in [0.5, 0.6) is 0 Å². The molecule has 0 aliphatic rings. The second-order valence-corrected chi connectivity index (χ2v) is 3.71. The zero-order chi connectivity index (χ0) is 11.4. The Morgan fingerprint density at radius 3 is 2.67 bits per heavy atom. The van der Waals surface area contributed by atoms with E-state index in [1.165, 1.54) is 0 Å². The van der Waals surface area contributed by atoms with Crippen LogP contribution < -0.4 is 4.90 Å². The summed E-state index contributed by atoms with van der Waals surface area (Å²) in [7, 11) is 1.84. The predicted molar refractivity (Wildman–Crippen MR) is 58.1 cm³/mol. The highest BCUT2D eigenvalue weighted by Crippen LogP contribution is 2.18. The molecule has 15 heavy (non-hydrogen) atoms. The maximum atomic E-state index is 10.8. The Morgan fingerprint density at radius 1 is 1.60 bits per heavy atom. The molecule has 0 aromatic carbocycles. The molecule has 1 aromatic heterocycles. The number of hydrogen-bond donors (Lipinski definition) is 1. The van der Waals surface area contributed by atoms with Crippen LogP contribution in [0.25, 0.3) is 0 Å². The molecule has 0 fully saturated rings. The first kappa shape index (κ1) is 11.6. The van der Waals surface area contributed by atoms with Crippen LogP contribution in [0, 0.1) is 12.8 Å². The monoisotopic (exact) mass is 211 g/mol. The number of carbonyl (C=O) groups is 1. The molecule has 4 nitrogen and oxygen atoms in total. The van der Waals surface area contributed by atoms with Crippen LogP contribution >= 0.6 is 0 Å². The fourth-order valence-electron chi connectivity index (χ4n) is 1.43. The van der Waals surface area contributed by atoms with Gasteiger partial charge < -0.3 is 14.4 Å². The molecule has 0 saturated carbocycles. The molecule has 0 aliphatic carbocycles. The third-order valence-corrected chi connectivity index (χ3v) is 2.44. The molecule has 1 heterocycles. The molecule has 0 radical (unpaired) electrons. The molecule has 0 aliphatic heterocycles. The zero-order valence-corrected chi connectivity index (χ0v) is 9.36. The number of furan rings is 1. The Morgan fingerprint density at radius 2 is 2.27 bits per heavy atom. The lowest BCUT2D eigenvalue weighted by molar-refractivity contribution is -0.141. The first-order valence-electron chi connectivity index (χ1n) is 5.05. The summed E-state index contributed by atoms with van der Waals surface area (Å²) in [6, 6.07) is 3.72. The highest BCUT2D eigenvalue weighted by atomic mass is 16.4. The lowest BCUT2D eigenvalue weighted by Gasteiger charge is -2.19. The van der Waals surface area contributed by atoms with Crippen molar-refractivity contribution in [2.75, 3.05) is 18.5 Å². The summed E-state index contributed by atoms with van der Waals surface area (Å²) in [6.07, 6.45) is 0.624. The number of carboxylic acids is 1. The lowest BCUT2D eigenvalue weighted by Crippen LogP contribution is -2.29. The number of rotatable bonds is 5. The minimum atomic E-state index is -0.757. The number of hydrogen-bond acceptors (Lipinski definition) is 3. The third-order valence-electron chi connectivity index (χ3n) is 2.44. The van der Waals surface area contributed by atoms with E-state index in [-0.39, 0.29) is 5.92 Å². The number of aliphatic carboxylic acids is 1. The van der Waals surface area contributed by atoms with E-state index in [0.717, 1.165) is 5.76 Å². The van der Waals surface area contributed by atoms with Crippen LogP contribution in [0.15, 0.2) is 16.5 Å². The Balaban J connectivity index is 2.62. The van der Waals surface area contributed by atoms with Gasteiger partial charge in [0, 0.05) is 19.7 Å². The van der Waals surface area contributed by atoms with Crippen LogP contribution in [0.1, 0.15) is 19.1 Å². The molecule has 1 aromatic rings. The SMILES string of the molecule is CCC(CN(C)c1ccc(C)o1)C(=O)O. The average molecular weight is 211 g/mol. The van der Waals surface area contributed by atoms with Crippen LogP contribution in [0.4, 0.5) is 5.88 Å². The normalized spacial score (nSPS) is 12.5. The predicted octanol–water partition coefficient (Wildman–Crippen LogP) is 2.14. The van der Waals surface area contributed by atoms with E-state index in [4.69, 9.17) is 9.52 Å². The van der Waals surface area contributed by atoms with E-state index in [9.17, 15) is 4.79 Å². The Hall–Kier alpha value is -1.45. The van der Waals surface area contributed by atoms with Gasteiger partial charge in [0.15, 0.2) is 5.88 Å². The van der Waals surface area contributed by atoms with Crippen molar-refractivity contribution in [3.8, 4) is 0 Å². The first-order chi connectivity index (χ1) is 7.04. The van der Waals surface area contributed by atoms with Gasteiger partial charge in [-0.1, -0.05) is 6.92 Å². The second kappa shape index (κ2) is 4.87. The largest absolute Gasteiger partial charge is 0.481 e. The van der Waals surface area contributed by atoms with Gasteiger partial charge in [0.1, 0.15) is 5.76 Å². The van der Waals surface area contributed by atoms with E-state index in [0.29, 0.717) is 18.8 Å². The van der Waals surface area contributed by atoms with Crippen LogP contribution in [0.2, 0.25) is 0 Å². The number of aryl methyl sites for hydroxylation is 1. The van der Waals surface area contributed by atoms with E-state index in [2.05, 4.69) is 0 Å². The summed E-state index contributed by atoms with van der Waals surface area (Å²) in [5.74, 6) is 0.445. The maximum absolute atomic E-state index is 10.8. The minimum Gasteiger partial charge on any atom is -0.481 e. The van der Waals surface area contributed by atoms with E-state index >= 15 is 0 Å². The minimum absolute atomic E-state index is 0.347. The molecule has 0 amide bonds. The van der Waals surface area contributed by atoms with Gasteiger partial charge in [-0.3, -0.25) is 4.79 Å². The molecular weight excluding hydrogens is 194 g/mol. The van der Waals surface area contributed by atoms with Gasteiger partial charge in [0.2, 0.25) is 0 Å². The summed E-state index contributed by atoms with van der Waals surface area (Å²) < 4.78 is 5.40. The van der Waals surface area contributed by atoms with Crippen molar-refractivity contribution in [2.24, 2.45) is 5.92 Å². The van der Waals surface area contributed by atoms with Crippen molar-refractivity contribution in [1.29, 1.82) is 0 Å². The fourth-order valence-corrected chi connectivity index (χ4v) is 1.43. The van der Waals surface area contributed by atoms with Crippen LogP contribution in [-0.2, 0) is 4.79 Å². The topological polar surface area (TPSA) is 53.7 Å². The highest BCUT2D eigenvalue weighted by molar-refractivity contribution is 5.70. The quantitative estimate of drug-likeness (QED) is 0.810. The van der Waals surface area contributed by atoms with Crippen molar-refractivity contribution >= 4 is 11.9 Å². The fraction of sp³-hybridized carbons (Fsp3) is 0.545. The summed E-state index contributed by atoms with van der Waals surface area (Å²) >= 11 is 0. The highest BCUT2D eigenvalue weighted by Gasteiger charge is 2.18. The number of nitrogens with zero attached hydrogens (tertiary/aromatic N) is 1. The summed E-state index contributed by atoms with van der Waals surface area (Å²) in [4.78, 5) is 12.7. The van der Waals surface area contributed by atoms with Gasteiger partial charge in [-0.2, -0.15) is 0 Å². The van der Waals surface area contributed by atoms with Crippen molar-refractivity contribution in [2.45, 2.75) is 20.3 Å². The zero-order valence-electron chi connectivity index (χ0n) is 9.36. The van der Waals surface area contributed by atoms with Gasteiger partial charge >= 0.3 is 5.97 Å². The molecule has 84 valence electrons. The van der Waals surface area contributed by atoms with Gasteiger partial charge in [-0.25, -0.2) is 0 Å². The Labute approximate surface area is 89.5 Å². The molecular formula is C11H17NO3. The third kappa shape index (κ3) is 3.01. The Bertz CT molecular complexity index is 332. The maximum Gasteiger partial charge on any atom is 0.308 e. The molecule has 1 atom stereocenters. The van der Waals surface area contributed by atoms with Gasteiger partial charge in [-0.15, -0.1) is 0 Å². The lowest BCUT2D eigenvalue weighted by atomic mass is 10.1. The standard InChI is InChI=1S/C11H17NO3/c1-4-9(11(13)14)7-12(3)10-6-5-8(2)15-10/h5-6,9H,4,7H2,1-3H3,(H,13,14). The van der Waals surface area contributed by atoms with Crippen molar-refractivity contribution in [1.82, 2.24) is 0 Å². The smallest absolute Gasteiger partial charge is 0.308 e. The molecule has 4 heteroatoms. The summed E-state index contributed by atoms with van der Waals surface area (Å²) in [5, 5.41) is 8.92. The summed E-state index contributed by atoms with van der Waals surface area (Å²) in [5.41, 5.74) is 0. The van der Waals surface area contributed by atoms with E-state index in [1.807, 2.05) is 37.9 Å². The average Bonchev–Trinajstić information content (AvgIpc) is 2.60. The van der Waals surface area contributed by atoms with Gasteiger partial charge in [0.05, 0.1) is 5.92 Å². The van der Waals surface area contributed by atoms with Crippen molar-refractivity contribution in [3.63, 3.8) is 0 Å². The first-order valence-corrected chi connectivity index (χ1v) is 5.05.